The van der Waals surface area contributed by atoms with Crippen LogP contribution in [0.1, 0.15) is 36.8 Å². The first-order valence-electron chi connectivity index (χ1n) is 11.9. The van der Waals surface area contributed by atoms with E-state index in [9.17, 15) is 9.59 Å². The van der Waals surface area contributed by atoms with Crippen LogP contribution in [0.4, 0.5) is 10.5 Å². The number of anilines is 1. The maximum Gasteiger partial charge on any atom is 0.407 e. The van der Waals surface area contributed by atoms with Crippen molar-refractivity contribution in [1.29, 1.82) is 0 Å². The number of ether oxygens (including phenoxy) is 2. The maximum atomic E-state index is 13.1. The number of aromatic nitrogens is 2. The zero-order valence-electron chi connectivity index (χ0n) is 20.8. The van der Waals surface area contributed by atoms with Crippen molar-refractivity contribution in [3.63, 3.8) is 0 Å². The largest absolute Gasteiger partial charge is 0.444 e. The Labute approximate surface area is 211 Å². The fraction of sp³-hybridized carbons (Fsp3) is 0.333. The zero-order chi connectivity index (χ0) is 25.5. The Morgan fingerprint density at radius 2 is 1.69 bits per heavy atom. The molecule has 0 saturated carbocycles. The highest BCUT2D eigenvalue weighted by molar-refractivity contribution is 5.94. The molecule has 1 aliphatic rings. The van der Waals surface area contributed by atoms with Gasteiger partial charge in [0.05, 0.1) is 12.2 Å². The molecule has 0 radical (unpaired) electrons. The molecule has 3 aromatic rings. The van der Waals surface area contributed by atoms with Crippen molar-refractivity contribution in [2.45, 2.75) is 32.9 Å². The summed E-state index contributed by atoms with van der Waals surface area (Å²) in [5.41, 5.74) is 1.71. The lowest BCUT2D eigenvalue weighted by Gasteiger charge is -2.36. The standard InChI is InChI=1S/C27H31N5O4/c1-27(2,3)36-26(34)28-18-21-17-24(30-19-29-21)35-23-11-7-8-20(16-23)25(33)32-14-12-31(13-15-32)22-9-5-4-6-10-22/h4-11,16-17,19H,12-15,18H2,1-3H3,(H,28,34). The average Bonchev–Trinajstić information content (AvgIpc) is 2.87. The molecule has 2 aromatic carbocycles. The highest BCUT2D eigenvalue weighted by atomic mass is 16.6. The molecule has 1 fully saturated rings. The van der Waals surface area contributed by atoms with Crippen LogP contribution in [0.5, 0.6) is 11.6 Å². The summed E-state index contributed by atoms with van der Waals surface area (Å²) < 4.78 is 11.1. The fourth-order valence-electron chi connectivity index (χ4n) is 3.81. The van der Waals surface area contributed by atoms with Gasteiger partial charge in [-0.05, 0) is 51.1 Å². The van der Waals surface area contributed by atoms with Gasteiger partial charge >= 0.3 is 6.09 Å². The van der Waals surface area contributed by atoms with Gasteiger partial charge in [-0.3, -0.25) is 4.79 Å². The molecular weight excluding hydrogens is 458 g/mol. The molecule has 0 unspecified atom stereocenters. The monoisotopic (exact) mass is 489 g/mol. The van der Waals surface area contributed by atoms with Crippen molar-refractivity contribution in [2.24, 2.45) is 0 Å². The topological polar surface area (TPSA) is 96.9 Å². The molecule has 9 nitrogen and oxygen atoms in total. The zero-order valence-corrected chi connectivity index (χ0v) is 20.8. The SMILES string of the molecule is CC(C)(C)OC(=O)NCc1cc(Oc2cccc(C(=O)N3CCN(c4ccccc4)CC3)c2)ncn1. The van der Waals surface area contributed by atoms with E-state index in [2.05, 4.69) is 32.3 Å². The molecule has 0 bridgehead atoms. The number of hydrogen-bond donors (Lipinski definition) is 1. The van der Waals surface area contributed by atoms with Gasteiger partial charge in [0, 0.05) is 43.5 Å². The summed E-state index contributed by atoms with van der Waals surface area (Å²) in [7, 11) is 0. The first kappa shape index (κ1) is 25.0. The number of para-hydroxylation sites is 1. The van der Waals surface area contributed by atoms with Gasteiger partial charge in [0.2, 0.25) is 5.88 Å². The van der Waals surface area contributed by atoms with Crippen LogP contribution >= 0.6 is 0 Å². The summed E-state index contributed by atoms with van der Waals surface area (Å²) in [5, 5.41) is 2.66. The number of nitrogens with one attached hydrogen (secondary N) is 1. The quantitative estimate of drug-likeness (QED) is 0.553. The molecule has 2 amide bonds. The number of amides is 2. The van der Waals surface area contributed by atoms with Crippen molar-refractivity contribution in [3.8, 4) is 11.6 Å². The van der Waals surface area contributed by atoms with E-state index in [-0.39, 0.29) is 12.5 Å². The van der Waals surface area contributed by atoms with Gasteiger partial charge in [0.1, 0.15) is 17.7 Å². The first-order chi connectivity index (χ1) is 17.3. The predicted molar refractivity (Wildman–Crippen MR) is 136 cm³/mol. The van der Waals surface area contributed by atoms with E-state index in [0.29, 0.717) is 36.0 Å². The highest BCUT2D eigenvalue weighted by Crippen LogP contribution is 2.22. The van der Waals surface area contributed by atoms with E-state index < -0.39 is 11.7 Å². The van der Waals surface area contributed by atoms with Crippen LogP contribution in [0.3, 0.4) is 0 Å². The lowest BCUT2D eigenvalue weighted by molar-refractivity contribution is 0.0522. The van der Waals surface area contributed by atoms with E-state index in [1.165, 1.54) is 12.0 Å². The molecule has 1 aromatic heterocycles. The Morgan fingerprint density at radius 3 is 2.42 bits per heavy atom. The van der Waals surface area contributed by atoms with Crippen LogP contribution in [0, 0.1) is 0 Å². The molecule has 2 heterocycles. The molecule has 1 aliphatic heterocycles. The Hall–Kier alpha value is -4.14. The van der Waals surface area contributed by atoms with Crippen molar-refractivity contribution < 1.29 is 19.1 Å². The third-order valence-corrected chi connectivity index (χ3v) is 5.50. The van der Waals surface area contributed by atoms with Crippen molar-refractivity contribution in [1.82, 2.24) is 20.2 Å². The number of benzene rings is 2. The van der Waals surface area contributed by atoms with E-state index >= 15 is 0 Å². The second-order valence-electron chi connectivity index (χ2n) is 9.45. The van der Waals surface area contributed by atoms with Gasteiger partial charge < -0.3 is 24.6 Å². The van der Waals surface area contributed by atoms with E-state index in [1.807, 2.05) is 23.1 Å². The second-order valence-corrected chi connectivity index (χ2v) is 9.45. The minimum absolute atomic E-state index is 0.0295. The predicted octanol–water partition coefficient (Wildman–Crippen LogP) is 4.26. The number of alkyl carbamates (subject to hydrolysis) is 1. The molecule has 188 valence electrons. The Morgan fingerprint density at radius 1 is 0.944 bits per heavy atom. The summed E-state index contributed by atoms with van der Waals surface area (Å²) >= 11 is 0. The normalized spacial score (nSPS) is 13.8. The molecule has 4 rings (SSSR count). The number of rotatable bonds is 6. The van der Waals surface area contributed by atoms with E-state index in [1.54, 1.807) is 51.1 Å². The van der Waals surface area contributed by atoms with Crippen LogP contribution in [0.2, 0.25) is 0 Å². The molecule has 0 spiro atoms. The van der Waals surface area contributed by atoms with Crippen LogP contribution in [0.25, 0.3) is 0 Å². The average molecular weight is 490 g/mol. The molecule has 0 atom stereocenters. The molecule has 9 heteroatoms. The van der Waals surface area contributed by atoms with Crippen molar-refractivity contribution in [3.05, 3.63) is 78.2 Å². The number of nitrogens with zero attached hydrogens (tertiary/aromatic N) is 4. The Kier molecular flexibility index (Phi) is 7.68. The van der Waals surface area contributed by atoms with E-state index in [4.69, 9.17) is 9.47 Å². The molecule has 36 heavy (non-hydrogen) atoms. The van der Waals surface area contributed by atoms with Crippen LogP contribution in [-0.4, -0.2) is 58.6 Å². The van der Waals surface area contributed by atoms with Crippen molar-refractivity contribution in [2.75, 3.05) is 31.1 Å². The van der Waals surface area contributed by atoms with Gasteiger partial charge in [0.25, 0.3) is 5.91 Å². The number of carbonyl (C=O) groups excluding carboxylic acids is 2. The third-order valence-electron chi connectivity index (χ3n) is 5.50. The summed E-state index contributed by atoms with van der Waals surface area (Å²) in [6.45, 7) is 8.44. The first-order valence-corrected chi connectivity index (χ1v) is 11.9. The fourth-order valence-corrected chi connectivity index (χ4v) is 3.81. The molecular formula is C27H31N5O4. The van der Waals surface area contributed by atoms with Gasteiger partial charge in [0.15, 0.2) is 0 Å². The molecule has 0 aliphatic carbocycles. The van der Waals surface area contributed by atoms with Gasteiger partial charge in [-0.15, -0.1) is 0 Å². The number of carbonyl (C=O) groups is 2. The van der Waals surface area contributed by atoms with Crippen LogP contribution in [0.15, 0.2) is 67.0 Å². The maximum absolute atomic E-state index is 13.1. The number of hydrogen-bond acceptors (Lipinski definition) is 7. The summed E-state index contributed by atoms with van der Waals surface area (Å²) in [6, 6.07) is 18.9. The van der Waals surface area contributed by atoms with Crippen molar-refractivity contribution >= 4 is 17.7 Å². The van der Waals surface area contributed by atoms with Crippen LogP contribution in [-0.2, 0) is 11.3 Å². The summed E-state index contributed by atoms with van der Waals surface area (Å²) in [5.74, 6) is 0.777. The van der Waals surface area contributed by atoms with Crippen LogP contribution < -0.4 is 15.0 Å². The lowest BCUT2D eigenvalue weighted by atomic mass is 10.1. The minimum Gasteiger partial charge on any atom is -0.444 e. The van der Waals surface area contributed by atoms with Gasteiger partial charge in [-0.2, -0.15) is 0 Å². The van der Waals surface area contributed by atoms with Gasteiger partial charge in [-0.1, -0.05) is 24.3 Å². The smallest absolute Gasteiger partial charge is 0.407 e. The number of piperazine rings is 1. The molecule has 1 saturated heterocycles. The minimum atomic E-state index is -0.581. The highest BCUT2D eigenvalue weighted by Gasteiger charge is 2.22. The summed E-state index contributed by atoms with van der Waals surface area (Å²) in [6.07, 6.45) is 0.835. The second kappa shape index (κ2) is 11.1. The molecule has 1 N–H and O–H groups in total. The Bertz CT molecular complexity index is 1190. The summed E-state index contributed by atoms with van der Waals surface area (Å²) in [4.78, 5) is 37.5. The van der Waals surface area contributed by atoms with Gasteiger partial charge in [-0.25, -0.2) is 14.8 Å². The third kappa shape index (κ3) is 6.94. The van der Waals surface area contributed by atoms with E-state index in [0.717, 1.165) is 13.1 Å². The Balaban J connectivity index is 1.34. The lowest BCUT2D eigenvalue weighted by Crippen LogP contribution is -2.48.